The minimum atomic E-state index is -0.328. The maximum atomic E-state index is 13.4. The summed E-state index contributed by atoms with van der Waals surface area (Å²) in [5.74, 6) is -0.230. The molecule has 0 bridgehead atoms. The molecule has 6 nitrogen and oxygen atoms in total. The summed E-state index contributed by atoms with van der Waals surface area (Å²) in [5.41, 5.74) is 4.73. The average Bonchev–Trinajstić information content (AvgIpc) is 3.31. The van der Waals surface area contributed by atoms with Gasteiger partial charge >= 0.3 is 12.0 Å². The monoisotopic (exact) mass is 583 g/mol. The molecular formula is C30H28Cl3N3O3. The molecule has 2 aliphatic heterocycles. The van der Waals surface area contributed by atoms with E-state index in [1.165, 1.54) is 7.11 Å². The number of anilines is 2. The Bertz CT molecular complexity index is 1420. The number of rotatable bonds is 7. The van der Waals surface area contributed by atoms with Crippen LogP contribution in [0.25, 0.3) is 11.1 Å². The summed E-state index contributed by atoms with van der Waals surface area (Å²) in [5, 5.41) is 4.29. The zero-order valence-corrected chi connectivity index (χ0v) is 23.7. The molecule has 3 aromatic rings. The van der Waals surface area contributed by atoms with Crippen molar-refractivity contribution >= 4 is 58.2 Å². The highest BCUT2D eigenvalue weighted by molar-refractivity contribution is 6.40. The van der Waals surface area contributed by atoms with E-state index in [0.29, 0.717) is 39.5 Å². The Morgan fingerprint density at radius 1 is 1.05 bits per heavy atom. The highest BCUT2D eigenvalue weighted by atomic mass is 35.5. The largest absolute Gasteiger partial charge is 0.469 e. The minimum absolute atomic E-state index is 0.00384. The van der Waals surface area contributed by atoms with E-state index in [1.54, 1.807) is 23.1 Å². The second-order valence-electron chi connectivity index (χ2n) is 9.76. The number of methoxy groups -OCH3 is 1. The first-order chi connectivity index (χ1) is 18.8. The number of hydrogen-bond acceptors (Lipinski definition) is 4. The van der Waals surface area contributed by atoms with E-state index in [0.717, 1.165) is 35.3 Å². The Hall–Kier alpha value is -3.03. The van der Waals surface area contributed by atoms with E-state index in [1.807, 2.05) is 36.4 Å². The minimum Gasteiger partial charge on any atom is -0.469 e. The van der Waals surface area contributed by atoms with Crippen LogP contribution >= 0.6 is 34.8 Å². The lowest BCUT2D eigenvalue weighted by Gasteiger charge is -2.34. The quantitative estimate of drug-likeness (QED) is 0.232. The molecule has 0 saturated carbocycles. The van der Waals surface area contributed by atoms with Crippen LogP contribution in [0.1, 0.15) is 23.5 Å². The molecule has 2 unspecified atom stereocenters. The molecule has 0 aliphatic carbocycles. The molecule has 1 saturated heterocycles. The summed E-state index contributed by atoms with van der Waals surface area (Å²) < 4.78 is 5.02. The number of nitrogens with zero attached hydrogens (tertiary/aromatic N) is 2. The summed E-state index contributed by atoms with van der Waals surface area (Å²) in [4.78, 5) is 29.6. The molecule has 0 spiro atoms. The van der Waals surface area contributed by atoms with Crippen molar-refractivity contribution in [3.63, 3.8) is 0 Å². The number of fused-ring (bicyclic) bond motifs is 1. The van der Waals surface area contributed by atoms with Crippen LogP contribution in [0, 0.1) is 5.92 Å². The third-order valence-corrected chi connectivity index (χ3v) is 8.36. The van der Waals surface area contributed by atoms with Gasteiger partial charge in [-0.05, 0) is 41.3 Å². The number of ether oxygens (including phenoxy) is 1. The Kier molecular flexibility index (Phi) is 8.19. The van der Waals surface area contributed by atoms with Gasteiger partial charge in [-0.15, -0.1) is 6.58 Å². The van der Waals surface area contributed by atoms with Crippen LogP contribution in [0.5, 0.6) is 0 Å². The first-order valence-corrected chi connectivity index (χ1v) is 13.8. The molecule has 0 aromatic heterocycles. The number of carbonyl (C=O) groups is 2. The van der Waals surface area contributed by atoms with Gasteiger partial charge in [0.15, 0.2) is 0 Å². The molecule has 39 heavy (non-hydrogen) atoms. The lowest BCUT2D eigenvalue weighted by molar-refractivity contribution is -0.141. The van der Waals surface area contributed by atoms with E-state index in [9.17, 15) is 9.59 Å². The van der Waals surface area contributed by atoms with Gasteiger partial charge in [-0.2, -0.15) is 0 Å². The molecule has 1 fully saturated rings. The molecule has 3 aromatic carbocycles. The number of carbonyl (C=O) groups excluding carboxylic acids is 2. The van der Waals surface area contributed by atoms with Gasteiger partial charge < -0.3 is 10.1 Å². The number of urea groups is 1. The number of hydrogen-bond donors (Lipinski definition) is 1. The first kappa shape index (κ1) is 27.5. The number of nitrogens with one attached hydrogen (secondary N) is 1. The van der Waals surface area contributed by atoms with Gasteiger partial charge in [0.25, 0.3) is 0 Å². The molecular weight excluding hydrogens is 557 g/mol. The molecule has 202 valence electrons. The van der Waals surface area contributed by atoms with Crippen LogP contribution in [0.15, 0.2) is 67.3 Å². The van der Waals surface area contributed by atoms with Crippen molar-refractivity contribution in [2.45, 2.75) is 18.9 Å². The van der Waals surface area contributed by atoms with Crippen molar-refractivity contribution < 1.29 is 14.3 Å². The van der Waals surface area contributed by atoms with Gasteiger partial charge in [-0.1, -0.05) is 71.2 Å². The standard InChI is InChI=1S/C30H28Cl3N3O3/c1-3-11-35-16-19(14-28(37)39-2)23(17-35)18-12-21(20-7-4-5-8-24(20)31)22-15-34-30(38)36(27(22)13-18)29-25(32)9-6-10-26(29)33/h3-10,12-13,19,23H,1,11,14-17H2,2H3,(H,34,38). The Labute approximate surface area is 243 Å². The number of esters is 1. The molecule has 2 atom stereocenters. The fourth-order valence-electron chi connectivity index (χ4n) is 5.65. The van der Waals surface area contributed by atoms with Crippen molar-refractivity contribution in [2.24, 2.45) is 5.92 Å². The van der Waals surface area contributed by atoms with Crippen LogP contribution in [-0.4, -0.2) is 43.6 Å². The number of halogens is 3. The third-order valence-electron chi connectivity index (χ3n) is 7.42. The Morgan fingerprint density at radius 2 is 1.77 bits per heavy atom. The molecule has 1 N–H and O–H groups in total. The van der Waals surface area contributed by atoms with Crippen molar-refractivity contribution in [1.29, 1.82) is 0 Å². The fraction of sp³-hybridized carbons (Fsp3) is 0.267. The number of benzene rings is 3. The molecule has 5 rings (SSSR count). The van der Waals surface area contributed by atoms with Gasteiger partial charge in [0, 0.05) is 48.2 Å². The predicted molar refractivity (Wildman–Crippen MR) is 157 cm³/mol. The molecule has 2 heterocycles. The van der Waals surface area contributed by atoms with E-state index in [-0.39, 0.29) is 30.3 Å². The summed E-state index contributed by atoms with van der Waals surface area (Å²) >= 11 is 19.9. The maximum absolute atomic E-state index is 13.4. The van der Waals surface area contributed by atoms with Crippen LogP contribution < -0.4 is 10.2 Å². The van der Waals surface area contributed by atoms with Crippen LogP contribution in [0.3, 0.4) is 0 Å². The molecule has 2 amide bonds. The molecule has 9 heteroatoms. The molecule has 2 aliphatic rings. The predicted octanol–water partition coefficient (Wildman–Crippen LogP) is 7.44. The third kappa shape index (κ3) is 5.39. The Morgan fingerprint density at radius 3 is 2.46 bits per heavy atom. The highest BCUT2D eigenvalue weighted by Crippen LogP contribution is 2.47. The lowest BCUT2D eigenvalue weighted by atomic mass is 9.83. The van der Waals surface area contributed by atoms with Crippen molar-refractivity contribution in [1.82, 2.24) is 10.2 Å². The summed E-state index contributed by atoms with van der Waals surface area (Å²) in [6, 6.07) is 16.6. The summed E-state index contributed by atoms with van der Waals surface area (Å²) in [6.45, 7) is 6.37. The zero-order chi connectivity index (χ0) is 27.7. The second-order valence-corrected chi connectivity index (χ2v) is 11.0. The van der Waals surface area contributed by atoms with Crippen LogP contribution in [-0.2, 0) is 16.1 Å². The maximum Gasteiger partial charge on any atom is 0.326 e. The van der Waals surface area contributed by atoms with Crippen LogP contribution in [0.4, 0.5) is 16.2 Å². The van der Waals surface area contributed by atoms with E-state index < -0.39 is 0 Å². The smallest absolute Gasteiger partial charge is 0.326 e. The van der Waals surface area contributed by atoms with Gasteiger partial charge in [-0.3, -0.25) is 14.6 Å². The zero-order valence-electron chi connectivity index (χ0n) is 21.4. The van der Waals surface area contributed by atoms with Gasteiger partial charge in [-0.25, -0.2) is 4.79 Å². The van der Waals surface area contributed by atoms with Gasteiger partial charge in [0.2, 0.25) is 0 Å². The normalized spacial score (nSPS) is 19.0. The van der Waals surface area contributed by atoms with Crippen molar-refractivity contribution in [2.75, 3.05) is 31.6 Å². The van der Waals surface area contributed by atoms with Crippen molar-refractivity contribution in [3.05, 3.63) is 93.4 Å². The summed E-state index contributed by atoms with van der Waals surface area (Å²) in [6.07, 6.45) is 2.15. The van der Waals surface area contributed by atoms with E-state index in [4.69, 9.17) is 39.5 Å². The topological polar surface area (TPSA) is 61.9 Å². The van der Waals surface area contributed by atoms with Crippen LogP contribution in [0.2, 0.25) is 15.1 Å². The van der Waals surface area contributed by atoms with Crippen molar-refractivity contribution in [3.8, 4) is 11.1 Å². The number of para-hydroxylation sites is 1. The average molecular weight is 585 g/mol. The lowest BCUT2D eigenvalue weighted by Crippen LogP contribution is -2.42. The Balaban J connectivity index is 1.73. The first-order valence-electron chi connectivity index (χ1n) is 12.7. The number of likely N-dealkylation sites (tertiary alicyclic amines) is 1. The summed E-state index contributed by atoms with van der Waals surface area (Å²) in [7, 11) is 1.41. The second kappa shape index (κ2) is 11.6. The van der Waals surface area contributed by atoms with E-state index in [2.05, 4.69) is 22.9 Å². The fourth-order valence-corrected chi connectivity index (χ4v) is 6.45. The molecule has 0 radical (unpaired) electrons. The highest BCUT2D eigenvalue weighted by Gasteiger charge is 2.38. The van der Waals surface area contributed by atoms with Gasteiger partial charge in [0.1, 0.15) is 0 Å². The number of amides is 2. The SMILES string of the molecule is C=CCN1CC(CC(=O)OC)C(c2cc(-c3ccccc3Cl)c3c(c2)N(c2c(Cl)cccc2Cl)C(=O)NC3)C1. The van der Waals surface area contributed by atoms with E-state index >= 15 is 0 Å². The van der Waals surface area contributed by atoms with Gasteiger partial charge in [0.05, 0.1) is 35.0 Å².